The largest absolute Gasteiger partial charge is 0.491 e. The van der Waals surface area contributed by atoms with Crippen molar-refractivity contribution in [3.63, 3.8) is 0 Å². The summed E-state index contributed by atoms with van der Waals surface area (Å²) in [5.41, 5.74) is 1.35. The van der Waals surface area contributed by atoms with Gasteiger partial charge in [0.15, 0.2) is 0 Å². The van der Waals surface area contributed by atoms with Crippen molar-refractivity contribution in [2.75, 3.05) is 19.8 Å². The van der Waals surface area contributed by atoms with Gasteiger partial charge in [0, 0.05) is 24.8 Å². The van der Waals surface area contributed by atoms with Gasteiger partial charge in [-0.2, -0.15) is 5.26 Å². The Labute approximate surface area is 118 Å². The van der Waals surface area contributed by atoms with E-state index in [0.29, 0.717) is 23.8 Å². The van der Waals surface area contributed by atoms with E-state index in [1.165, 1.54) is 0 Å². The van der Waals surface area contributed by atoms with E-state index in [9.17, 15) is 5.26 Å². The molecule has 0 aliphatic carbocycles. The molecule has 0 saturated carbocycles. The number of rotatable bonds is 3. The monoisotopic (exact) mass is 268 g/mol. The van der Waals surface area contributed by atoms with Crippen molar-refractivity contribution in [1.29, 1.82) is 5.26 Å². The minimum absolute atomic E-state index is 0.496. The summed E-state index contributed by atoms with van der Waals surface area (Å²) >= 11 is 0. The van der Waals surface area contributed by atoms with Gasteiger partial charge in [-0.15, -0.1) is 0 Å². The first-order chi connectivity index (χ1) is 9.88. The van der Waals surface area contributed by atoms with Crippen LogP contribution in [0.15, 0.2) is 30.5 Å². The van der Waals surface area contributed by atoms with Gasteiger partial charge in [-0.05, 0) is 30.9 Å². The summed E-state index contributed by atoms with van der Waals surface area (Å²) < 4.78 is 11.3. The molecule has 4 heteroatoms. The zero-order valence-corrected chi connectivity index (χ0v) is 11.2. The summed E-state index contributed by atoms with van der Waals surface area (Å²) in [6.45, 7) is 2.23. The Kier molecular flexibility index (Phi) is 3.80. The van der Waals surface area contributed by atoms with Gasteiger partial charge in [-0.3, -0.25) is 4.98 Å². The Bertz CT molecular complexity index is 642. The highest BCUT2D eigenvalue weighted by atomic mass is 16.5. The average molecular weight is 268 g/mol. The van der Waals surface area contributed by atoms with Gasteiger partial charge < -0.3 is 9.47 Å². The molecule has 1 aliphatic rings. The third kappa shape index (κ3) is 2.59. The van der Waals surface area contributed by atoms with Crippen molar-refractivity contribution < 1.29 is 9.47 Å². The number of fused-ring (bicyclic) bond motifs is 1. The van der Waals surface area contributed by atoms with Crippen molar-refractivity contribution >= 4 is 10.9 Å². The molecule has 3 rings (SSSR count). The van der Waals surface area contributed by atoms with Crippen molar-refractivity contribution in [3.8, 4) is 11.8 Å². The molecule has 1 saturated heterocycles. The lowest BCUT2D eigenvalue weighted by atomic mass is 10.0. The minimum atomic E-state index is 0.496. The Hall–Kier alpha value is -2.12. The lowest BCUT2D eigenvalue weighted by Gasteiger charge is -2.22. The lowest BCUT2D eigenvalue weighted by molar-refractivity contribution is 0.0499. The van der Waals surface area contributed by atoms with E-state index in [1.54, 1.807) is 6.20 Å². The fourth-order valence-corrected chi connectivity index (χ4v) is 2.47. The fourth-order valence-electron chi connectivity index (χ4n) is 2.47. The fraction of sp³-hybridized carbons (Fsp3) is 0.375. The lowest BCUT2D eigenvalue weighted by Crippen LogP contribution is -2.21. The Morgan fingerprint density at radius 3 is 2.90 bits per heavy atom. The number of pyridine rings is 1. The van der Waals surface area contributed by atoms with E-state index in [-0.39, 0.29) is 0 Å². The van der Waals surface area contributed by atoms with E-state index in [1.807, 2.05) is 24.3 Å². The summed E-state index contributed by atoms with van der Waals surface area (Å²) in [4.78, 5) is 4.28. The Balaban J connectivity index is 1.87. The van der Waals surface area contributed by atoms with Crippen molar-refractivity contribution in [2.45, 2.75) is 12.8 Å². The zero-order valence-electron chi connectivity index (χ0n) is 11.2. The van der Waals surface area contributed by atoms with Crippen LogP contribution in [0, 0.1) is 17.2 Å². The summed E-state index contributed by atoms with van der Waals surface area (Å²) in [6, 6.07) is 9.91. The van der Waals surface area contributed by atoms with Crippen LogP contribution in [0.25, 0.3) is 10.9 Å². The molecular weight excluding hydrogens is 252 g/mol. The standard InChI is InChI=1S/C16H16N2O2/c17-9-13-10-18-15-4-2-1-3-14(15)16(13)20-11-12-5-7-19-8-6-12/h1-4,10,12H,5-8,11H2. The second kappa shape index (κ2) is 5.89. The van der Waals surface area contributed by atoms with Crippen molar-refractivity contribution in [1.82, 2.24) is 4.98 Å². The molecule has 1 aliphatic heterocycles. The molecule has 0 amide bonds. The summed E-state index contributed by atoms with van der Waals surface area (Å²) in [6.07, 6.45) is 3.62. The number of nitrogens with zero attached hydrogens (tertiary/aromatic N) is 2. The van der Waals surface area contributed by atoms with E-state index in [2.05, 4.69) is 11.1 Å². The molecule has 0 atom stereocenters. The predicted molar refractivity (Wildman–Crippen MR) is 75.5 cm³/mol. The number of ether oxygens (including phenoxy) is 2. The first-order valence-electron chi connectivity index (χ1n) is 6.87. The highest BCUT2D eigenvalue weighted by Gasteiger charge is 2.16. The first-order valence-corrected chi connectivity index (χ1v) is 6.87. The topological polar surface area (TPSA) is 55.1 Å². The molecule has 102 valence electrons. The van der Waals surface area contributed by atoms with Crippen LogP contribution in [0.1, 0.15) is 18.4 Å². The molecule has 0 spiro atoms. The van der Waals surface area contributed by atoms with Gasteiger partial charge >= 0.3 is 0 Å². The number of hydrogen-bond donors (Lipinski definition) is 0. The molecule has 0 unspecified atom stereocenters. The predicted octanol–water partition coefficient (Wildman–Crippen LogP) is 2.91. The van der Waals surface area contributed by atoms with Gasteiger partial charge in [-0.1, -0.05) is 12.1 Å². The molecule has 1 aromatic heterocycles. The quantitative estimate of drug-likeness (QED) is 0.858. The van der Waals surface area contributed by atoms with Crippen LogP contribution in [0.2, 0.25) is 0 Å². The van der Waals surface area contributed by atoms with Crippen molar-refractivity contribution in [3.05, 3.63) is 36.0 Å². The van der Waals surface area contributed by atoms with Gasteiger partial charge in [-0.25, -0.2) is 0 Å². The molecule has 0 N–H and O–H groups in total. The maximum atomic E-state index is 9.22. The first kappa shape index (κ1) is 12.9. The van der Waals surface area contributed by atoms with E-state index >= 15 is 0 Å². The van der Waals surface area contributed by atoms with Crippen LogP contribution < -0.4 is 4.74 Å². The van der Waals surface area contributed by atoms with Gasteiger partial charge in [0.05, 0.1) is 12.1 Å². The highest BCUT2D eigenvalue weighted by Crippen LogP contribution is 2.29. The highest BCUT2D eigenvalue weighted by molar-refractivity contribution is 5.87. The second-order valence-corrected chi connectivity index (χ2v) is 5.00. The Morgan fingerprint density at radius 2 is 2.10 bits per heavy atom. The smallest absolute Gasteiger partial charge is 0.148 e. The number of para-hydroxylation sites is 1. The molecule has 2 aromatic rings. The molecule has 1 fully saturated rings. The number of benzene rings is 1. The number of nitriles is 1. The number of aromatic nitrogens is 1. The van der Waals surface area contributed by atoms with E-state index in [0.717, 1.165) is 37.0 Å². The maximum Gasteiger partial charge on any atom is 0.148 e. The SMILES string of the molecule is N#Cc1cnc2ccccc2c1OCC1CCOCC1. The zero-order chi connectivity index (χ0) is 13.8. The molecular formula is C16H16N2O2. The number of hydrogen-bond acceptors (Lipinski definition) is 4. The average Bonchev–Trinajstić information content (AvgIpc) is 2.53. The minimum Gasteiger partial charge on any atom is -0.491 e. The van der Waals surface area contributed by atoms with Crippen LogP contribution in [-0.4, -0.2) is 24.8 Å². The third-order valence-corrected chi connectivity index (χ3v) is 3.65. The van der Waals surface area contributed by atoms with Crippen LogP contribution in [-0.2, 0) is 4.74 Å². The van der Waals surface area contributed by atoms with Gasteiger partial charge in [0.1, 0.15) is 17.4 Å². The van der Waals surface area contributed by atoms with Gasteiger partial charge in [0.2, 0.25) is 0 Å². The summed E-state index contributed by atoms with van der Waals surface area (Å²) in [5.74, 6) is 1.16. The third-order valence-electron chi connectivity index (χ3n) is 3.65. The van der Waals surface area contributed by atoms with Crippen LogP contribution in [0.5, 0.6) is 5.75 Å². The van der Waals surface area contributed by atoms with Crippen molar-refractivity contribution in [2.24, 2.45) is 5.92 Å². The van der Waals surface area contributed by atoms with Crippen LogP contribution in [0.3, 0.4) is 0 Å². The molecule has 0 bridgehead atoms. The molecule has 0 radical (unpaired) electrons. The summed E-state index contributed by atoms with van der Waals surface area (Å²) in [5, 5.41) is 10.1. The normalized spacial score (nSPS) is 15.9. The molecule has 20 heavy (non-hydrogen) atoms. The van der Waals surface area contributed by atoms with Crippen LogP contribution in [0.4, 0.5) is 0 Å². The van der Waals surface area contributed by atoms with E-state index < -0.39 is 0 Å². The Morgan fingerprint density at radius 1 is 1.30 bits per heavy atom. The van der Waals surface area contributed by atoms with Gasteiger partial charge in [0.25, 0.3) is 0 Å². The van der Waals surface area contributed by atoms with E-state index in [4.69, 9.17) is 9.47 Å². The molecule has 2 heterocycles. The molecule has 1 aromatic carbocycles. The summed E-state index contributed by atoms with van der Waals surface area (Å²) in [7, 11) is 0. The second-order valence-electron chi connectivity index (χ2n) is 5.00. The maximum absolute atomic E-state index is 9.22. The van der Waals surface area contributed by atoms with Crippen LogP contribution >= 0.6 is 0 Å². The molecule has 4 nitrogen and oxygen atoms in total.